The van der Waals surface area contributed by atoms with E-state index in [0.29, 0.717) is 4.34 Å². The summed E-state index contributed by atoms with van der Waals surface area (Å²) < 4.78 is 6.03. The maximum absolute atomic E-state index is 12.1. The lowest BCUT2D eigenvalue weighted by Gasteiger charge is -2.20. The Bertz CT molecular complexity index is 424. The zero-order valence-electron chi connectivity index (χ0n) is 10.4. The summed E-state index contributed by atoms with van der Waals surface area (Å²) in [6.07, 6.45) is 0.0491. The highest BCUT2D eigenvalue weighted by Gasteiger charge is 2.29. The van der Waals surface area contributed by atoms with Crippen molar-refractivity contribution >= 4 is 28.8 Å². The van der Waals surface area contributed by atoms with E-state index in [1.807, 2.05) is 19.1 Å². The van der Waals surface area contributed by atoms with Gasteiger partial charge < -0.3 is 15.4 Å². The van der Waals surface area contributed by atoms with Crippen molar-refractivity contribution in [3.8, 4) is 0 Å². The number of halogens is 1. The largest absolute Gasteiger partial charge is 0.378 e. The summed E-state index contributed by atoms with van der Waals surface area (Å²) in [6, 6.07) is 3.76. The minimum Gasteiger partial charge on any atom is -0.378 e. The highest BCUT2D eigenvalue weighted by atomic mass is 35.5. The number of amides is 1. The van der Waals surface area contributed by atoms with Crippen LogP contribution in [0.4, 0.5) is 0 Å². The molecule has 3 atom stereocenters. The van der Waals surface area contributed by atoms with Crippen LogP contribution >= 0.6 is 22.9 Å². The number of rotatable bonds is 4. The van der Waals surface area contributed by atoms with Crippen LogP contribution in [0.25, 0.3) is 0 Å². The second kappa shape index (κ2) is 6.02. The molecule has 1 amide bonds. The number of hydrogen-bond donors (Lipinski definition) is 2. The molecular weight excluding hydrogens is 272 g/mol. The average molecular weight is 289 g/mol. The molecule has 2 heterocycles. The maximum atomic E-state index is 12.1. The molecule has 0 bridgehead atoms. The third kappa shape index (κ3) is 3.03. The number of thiophene rings is 1. The fourth-order valence-electron chi connectivity index (χ4n) is 2.04. The van der Waals surface area contributed by atoms with Crippen LogP contribution in [0, 0.1) is 0 Å². The molecule has 1 saturated heterocycles. The van der Waals surface area contributed by atoms with Gasteiger partial charge in [-0.2, -0.15) is 0 Å². The Morgan fingerprint density at radius 1 is 1.61 bits per heavy atom. The lowest BCUT2D eigenvalue weighted by Crippen LogP contribution is -2.44. The van der Waals surface area contributed by atoms with Crippen LogP contribution in [0.2, 0.25) is 4.34 Å². The molecule has 2 rings (SSSR count). The van der Waals surface area contributed by atoms with Crippen molar-refractivity contribution in [1.29, 1.82) is 0 Å². The van der Waals surface area contributed by atoms with E-state index in [9.17, 15) is 4.79 Å². The van der Waals surface area contributed by atoms with E-state index in [2.05, 4.69) is 10.6 Å². The van der Waals surface area contributed by atoms with Gasteiger partial charge in [-0.1, -0.05) is 11.6 Å². The molecule has 2 N–H and O–H groups in total. The monoisotopic (exact) mass is 288 g/mol. The smallest absolute Gasteiger partial charge is 0.228 e. The van der Waals surface area contributed by atoms with Crippen molar-refractivity contribution in [2.45, 2.75) is 25.0 Å². The van der Waals surface area contributed by atoms with Gasteiger partial charge in [0.15, 0.2) is 0 Å². The van der Waals surface area contributed by atoms with Gasteiger partial charge in [0.05, 0.1) is 22.4 Å². The second-order valence-electron chi connectivity index (χ2n) is 4.41. The molecule has 0 radical (unpaired) electrons. The molecule has 1 aromatic rings. The molecule has 1 aromatic heterocycles. The van der Waals surface area contributed by atoms with E-state index in [1.165, 1.54) is 11.3 Å². The predicted octanol–water partition coefficient (Wildman–Crippen LogP) is 1.61. The Hall–Kier alpha value is -0.620. The van der Waals surface area contributed by atoms with Crippen molar-refractivity contribution < 1.29 is 9.53 Å². The lowest BCUT2D eigenvalue weighted by atomic mass is 10.1. The highest BCUT2D eigenvalue weighted by Crippen LogP contribution is 2.28. The van der Waals surface area contributed by atoms with Gasteiger partial charge in [-0.25, -0.2) is 0 Å². The van der Waals surface area contributed by atoms with E-state index >= 15 is 0 Å². The molecule has 0 spiro atoms. The van der Waals surface area contributed by atoms with E-state index in [1.54, 1.807) is 7.11 Å². The van der Waals surface area contributed by atoms with Crippen LogP contribution in [0.15, 0.2) is 12.1 Å². The van der Waals surface area contributed by atoms with E-state index in [4.69, 9.17) is 16.3 Å². The first-order valence-electron chi connectivity index (χ1n) is 5.91. The van der Waals surface area contributed by atoms with E-state index in [0.717, 1.165) is 18.0 Å². The molecule has 18 heavy (non-hydrogen) atoms. The van der Waals surface area contributed by atoms with Crippen LogP contribution in [-0.2, 0) is 9.53 Å². The van der Waals surface area contributed by atoms with Gasteiger partial charge in [0.1, 0.15) is 0 Å². The van der Waals surface area contributed by atoms with E-state index in [-0.39, 0.29) is 24.0 Å². The Kier molecular flexibility index (Phi) is 4.61. The first kappa shape index (κ1) is 13.8. The molecule has 1 fully saturated rings. The predicted molar refractivity (Wildman–Crippen MR) is 73.3 cm³/mol. The summed E-state index contributed by atoms with van der Waals surface area (Å²) >= 11 is 7.33. The number of hydrogen-bond acceptors (Lipinski definition) is 4. The molecule has 4 nitrogen and oxygen atoms in total. The van der Waals surface area contributed by atoms with Crippen LogP contribution in [-0.4, -0.2) is 38.3 Å². The van der Waals surface area contributed by atoms with Crippen LogP contribution in [0.1, 0.15) is 17.7 Å². The van der Waals surface area contributed by atoms with Crippen molar-refractivity contribution in [3.05, 3.63) is 21.3 Å². The molecule has 0 saturated carbocycles. The van der Waals surface area contributed by atoms with E-state index < -0.39 is 0 Å². The summed E-state index contributed by atoms with van der Waals surface area (Å²) in [5.41, 5.74) is 0. The van der Waals surface area contributed by atoms with Gasteiger partial charge in [0.2, 0.25) is 5.91 Å². The van der Waals surface area contributed by atoms with Crippen molar-refractivity contribution in [2.75, 3.05) is 20.2 Å². The van der Waals surface area contributed by atoms with Crippen LogP contribution < -0.4 is 10.6 Å². The Morgan fingerprint density at radius 2 is 2.39 bits per heavy atom. The van der Waals surface area contributed by atoms with Gasteiger partial charge in [0.25, 0.3) is 0 Å². The molecule has 1 aliphatic heterocycles. The number of ether oxygens (including phenoxy) is 1. The SMILES string of the molecule is CO[C@H]1CNCC1NC(=O)C(C)c1ccc(Cl)s1. The average Bonchev–Trinajstić information content (AvgIpc) is 2.96. The zero-order valence-corrected chi connectivity index (χ0v) is 12.0. The minimum atomic E-state index is -0.180. The lowest BCUT2D eigenvalue weighted by molar-refractivity contribution is -0.123. The summed E-state index contributed by atoms with van der Waals surface area (Å²) in [6.45, 7) is 3.42. The first-order chi connectivity index (χ1) is 8.61. The quantitative estimate of drug-likeness (QED) is 0.885. The molecule has 1 aliphatic rings. The summed E-state index contributed by atoms with van der Waals surface area (Å²) in [7, 11) is 1.67. The number of carbonyl (C=O) groups excluding carboxylic acids is 1. The fraction of sp³-hybridized carbons (Fsp3) is 0.583. The standard InChI is InChI=1S/C12H17ClN2O2S/c1-7(10-3-4-11(13)18-10)12(16)15-8-5-14-6-9(8)17-2/h3-4,7-9,14H,5-6H2,1-2H3,(H,15,16)/t7?,8?,9-/m0/s1. The second-order valence-corrected chi connectivity index (χ2v) is 6.16. The summed E-state index contributed by atoms with van der Waals surface area (Å²) in [5.74, 6) is -0.162. The van der Waals surface area contributed by atoms with Crippen molar-refractivity contribution in [2.24, 2.45) is 0 Å². The molecule has 0 aliphatic carbocycles. The number of methoxy groups -OCH3 is 1. The Morgan fingerprint density at radius 3 is 3.00 bits per heavy atom. The molecule has 0 aromatic carbocycles. The summed E-state index contributed by atoms with van der Waals surface area (Å²) in [5, 5.41) is 6.23. The van der Waals surface area contributed by atoms with Gasteiger partial charge >= 0.3 is 0 Å². The fourth-order valence-corrected chi connectivity index (χ4v) is 3.16. The summed E-state index contributed by atoms with van der Waals surface area (Å²) in [4.78, 5) is 13.1. The Balaban J connectivity index is 1.95. The van der Waals surface area contributed by atoms with Crippen molar-refractivity contribution in [1.82, 2.24) is 10.6 Å². The maximum Gasteiger partial charge on any atom is 0.228 e. The number of nitrogens with one attached hydrogen (secondary N) is 2. The molecule has 100 valence electrons. The number of carbonyl (C=O) groups is 1. The van der Waals surface area contributed by atoms with Gasteiger partial charge in [0, 0.05) is 25.1 Å². The van der Waals surface area contributed by atoms with Crippen LogP contribution in [0.5, 0.6) is 0 Å². The molecule has 6 heteroatoms. The van der Waals surface area contributed by atoms with Gasteiger partial charge in [-0.15, -0.1) is 11.3 Å². The third-order valence-electron chi connectivity index (χ3n) is 3.20. The molecular formula is C12H17ClN2O2S. The minimum absolute atomic E-state index is 0.0178. The highest BCUT2D eigenvalue weighted by molar-refractivity contribution is 7.16. The van der Waals surface area contributed by atoms with Gasteiger partial charge in [-0.3, -0.25) is 4.79 Å². The topological polar surface area (TPSA) is 50.4 Å². The molecule has 2 unspecified atom stereocenters. The Labute approximate surface area is 116 Å². The van der Waals surface area contributed by atoms with Gasteiger partial charge in [-0.05, 0) is 19.1 Å². The van der Waals surface area contributed by atoms with Crippen LogP contribution in [0.3, 0.4) is 0 Å². The zero-order chi connectivity index (χ0) is 13.1. The first-order valence-corrected chi connectivity index (χ1v) is 7.10. The van der Waals surface area contributed by atoms with Crippen molar-refractivity contribution in [3.63, 3.8) is 0 Å². The normalized spacial score (nSPS) is 25.1. The third-order valence-corrected chi connectivity index (χ3v) is 4.62.